The Kier molecular flexibility index (Phi) is 4.37. The molecule has 0 aliphatic carbocycles. The van der Waals surface area contributed by atoms with Crippen molar-refractivity contribution >= 4 is 11.7 Å². The zero-order chi connectivity index (χ0) is 17.2. The predicted octanol–water partition coefficient (Wildman–Crippen LogP) is 2.35. The van der Waals surface area contributed by atoms with Gasteiger partial charge in [-0.15, -0.1) is 0 Å². The standard InChI is InChI=1S/C16H15F3N4O/c17-16(18,19)15(24)23-8-6-22(7-9-23)14-10-13(20-11-21-14)12-4-2-1-3-5-12/h1-5,10-11H,6-9H2. The normalized spacial score (nSPS) is 15.5. The molecule has 126 valence electrons. The van der Waals surface area contributed by atoms with Gasteiger partial charge in [-0.05, 0) is 0 Å². The molecule has 1 saturated heterocycles. The SMILES string of the molecule is O=C(N1CCN(c2cc(-c3ccccc3)ncn2)CC1)C(F)(F)F. The summed E-state index contributed by atoms with van der Waals surface area (Å²) in [4.78, 5) is 22.4. The molecule has 0 spiro atoms. The molecule has 0 unspecified atom stereocenters. The lowest BCUT2D eigenvalue weighted by molar-refractivity contribution is -0.185. The van der Waals surface area contributed by atoms with E-state index in [-0.39, 0.29) is 13.1 Å². The molecule has 1 aliphatic heterocycles. The maximum Gasteiger partial charge on any atom is 0.471 e. The van der Waals surface area contributed by atoms with Crippen molar-refractivity contribution in [1.29, 1.82) is 0 Å². The maximum atomic E-state index is 12.5. The third kappa shape index (κ3) is 3.47. The lowest BCUT2D eigenvalue weighted by atomic mass is 10.1. The maximum absolute atomic E-state index is 12.5. The van der Waals surface area contributed by atoms with Crippen molar-refractivity contribution in [3.63, 3.8) is 0 Å². The summed E-state index contributed by atoms with van der Waals surface area (Å²) >= 11 is 0. The Hall–Kier alpha value is -2.64. The lowest BCUT2D eigenvalue weighted by Gasteiger charge is -2.35. The van der Waals surface area contributed by atoms with Gasteiger partial charge in [-0.25, -0.2) is 9.97 Å². The van der Waals surface area contributed by atoms with Crippen LogP contribution in [0.25, 0.3) is 11.3 Å². The quantitative estimate of drug-likeness (QED) is 0.845. The van der Waals surface area contributed by atoms with Gasteiger partial charge in [0.2, 0.25) is 0 Å². The van der Waals surface area contributed by atoms with Crippen LogP contribution in [0.2, 0.25) is 0 Å². The van der Waals surface area contributed by atoms with Crippen LogP contribution >= 0.6 is 0 Å². The average molecular weight is 336 g/mol. The molecular weight excluding hydrogens is 321 g/mol. The van der Waals surface area contributed by atoms with Crippen LogP contribution in [0.4, 0.5) is 19.0 Å². The molecule has 5 nitrogen and oxygen atoms in total. The summed E-state index contributed by atoms with van der Waals surface area (Å²) in [7, 11) is 0. The monoisotopic (exact) mass is 336 g/mol. The fraction of sp³-hybridized carbons (Fsp3) is 0.312. The highest BCUT2D eigenvalue weighted by Crippen LogP contribution is 2.23. The third-order valence-corrected chi connectivity index (χ3v) is 3.86. The molecule has 2 aromatic rings. The summed E-state index contributed by atoms with van der Waals surface area (Å²) < 4.78 is 37.4. The number of piperazine rings is 1. The van der Waals surface area contributed by atoms with Gasteiger partial charge in [-0.3, -0.25) is 4.79 Å². The zero-order valence-corrected chi connectivity index (χ0v) is 12.7. The number of amides is 1. The third-order valence-electron chi connectivity index (χ3n) is 3.86. The van der Waals surface area contributed by atoms with Gasteiger partial charge in [0.05, 0.1) is 5.69 Å². The first-order chi connectivity index (χ1) is 11.4. The number of halogens is 3. The van der Waals surface area contributed by atoms with Crippen molar-refractivity contribution in [3.8, 4) is 11.3 Å². The minimum absolute atomic E-state index is 0.0169. The van der Waals surface area contributed by atoms with Crippen LogP contribution in [0.15, 0.2) is 42.7 Å². The number of rotatable bonds is 2. The Balaban J connectivity index is 1.70. The average Bonchev–Trinajstić information content (AvgIpc) is 2.61. The number of nitrogens with zero attached hydrogens (tertiary/aromatic N) is 4. The molecule has 1 fully saturated rings. The second-order valence-corrected chi connectivity index (χ2v) is 5.40. The van der Waals surface area contributed by atoms with E-state index in [1.807, 2.05) is 35.2 Å². The molecule has 0 N–H and O–H groups in total. The van der Waals surface area contributed by atoms with Crippen LogP contribution in [0.1, 0.15) is 0 Å². The Bertz CT molecular complexity index is 713. The molecule has 0 atom stereocenters. The van der Waals surface area contributed by atoms with Crippen LogP contribution in [-0.4, -0.2) is 53.1 Å². The lowest BCUT2D eigenvalue weighted by Crippen LogP contribution is -2.52. The summed E-state index contributed by atoms with van der Waals surface area (Å²) in [6.07, 6.45) is -3.39. The van der Waals surface area contributed by atoms with Crippen LogP contribution in [0.3, 0.4) is 0 Å². The zero-order valence-electron chi connectivity index (χ0n) is 12.7. The largest absolute Gasteiger partial charge is 0.471 e. The van der Waals surface area contributed by atoms with Gasteiger partial charge in [0.25, 0.3) is 0 Å². The number of anilines is 1. The number of aromatic nitrogens is 2. The van der Waals surface area contributed by atoms with Crippen molar-refractivity contribution in [2.75, 3.05) is 31.1 Å². The fourth-order valence-corrected chi connectivity index (χ4v) is 2.60. The molecule has 1 aliphatic rings. The smallest absolute Gasteiger partial charge is 0.353 e. The number of hydrogen-bond donors (Lipinski definition) is 0. The summed E-state index contributed by atoms with van der Waals surface area (Å²) in [6.45, 7) is 0.631. The van der Waals surface area contributed by atoms with Gasteiger partial charge in [0.15, 0.2) is 0 Å². The van der Waals surface area contributed by atoms with Gasteiger partial charge < -0.3 is 9.80 Å². The molecule has 0 bridgehead atoms. The highest BCUT2D eigenvalue weighted by Gasteiger charge is 2.43. The van der Waals surface area contributed by atoms with E-state index in [1.54, 1.807) is 6.07 Å². The van der Waals surface area contributed by atoms with Gasteiger partial charge in [-0.2, -0.15) is 13.2 Å². The van der Waals surface area contributed by atoms with Crippen LogP contribution < -0.4 is 4.90 Å². The Morgan fingerprint density at radius 1 is 1.00 bits per heavy atom. The number of benzene rings is 1. The van der Waals surface area contributed by atoms with Crippen molar-refractivity contribution in [1.82, 2.24) is 14.9 Å². The number of carbonyl (C=O) groups is 1. The van der Waals surface area contributed by atoms with Crippen LogP contribution in [-0.2, 0) is 4.79 Å². The topological polar surface area (TPSA) is 49.3 Å². The second kappa shape index (κ2) is 6.46. The summed E-state index contributed by atoms with van der Waals surface area (Å²) in [5, 5.41) is 0. The summed E-state index contributed by atoms with van der Waals surface area (Å²) in [6, 6.07) is 11.4. The van der Waals surface area contributed by atoms with E-state index in [9.17, 15) is 18.0 Å². The number of carbonyl (C=O) groups excluding carboxylic acids is 1. The van der Waals surface area contributed by atoms with Crippen molar-refractivity contribution < 1.29 is 18.0 Å². The van der Waals surface area contributed by atoms with Crippen LogP contribution in [0.5, 0.6) is 0 Å². The molecule has 0 saturated carbocycles. The highest BCUT2D eigenvalue weighted by molar-refractivity contribution is 5.82. The van der Waals surface area contributed by atoms with E-state index in [0.717, 1.165) is 16.2 Å². The van der Waals surface area contributed by atoms with Gasteiger partial charge >= 0.3 is 12.1 Å². The van der Waals surface area contributed by atoms with Gasteiger partial charge in [-0.1, -0.05) is 30.3 Å². The van der Waals surface area contributed by atoms with E-state index in [1.165, 1.54) is 6.33 Å². The van der Waals surface area contributed by atoms with E-state index in [2.05, 4.69) is 9.97 Å². The minimum Gasteiger partial charge on any atom is -0.353 e. The molecule has 1 amide bonds. The minimum atomic E-state index is -4.82. The van der Waals surface area contributed by atoms with E-state index < -0.39 is 12.1 Å². The fourth-order valence-electron chi connectivity index (χ4n) is 2.60. The summed E-state index contributed by atoms with van der Waals surface area (Å²) in [5.41, 5.74) is 1.68. The Labute approximate surface area is 136 Å². The Morgan fingerprint density at radius 2 is 1.67 bits per heavy atom. The summed E-state index contributed by atoms with van der Waals surface area (Å²) in [5.74, 6) is -1.14. The first-order valence-corrected chi connectivity index (χ1v) is 7.43. The van der Waals surface area contributed by atoms with Crippen molar-refractivity contribution in [3.05, 3.63) is 42.7 Å². The molecule has 24 heavy (non-hydrogen) atoms. The first-order valence-electron chi connectivity index (χ1n) is 7.43. The molecule has 8 heteroatoms. The predicted molar refractivity (Wildman–Crippen MR) is 82.3 cm³/mol. The Morgan fingerprint density at radius 3 is 2.29 bits per heavy atom. The molecular formula is C16H15F3N4O. The molecule has 0 radical (unpaired) electrons. The number of alkyl halides is 3. The van der Waals surface area contributed by atoms with Crippen LogP contribution in [0, 0.1) is 0 Å². The van der Waals surface area contributed by atoms with Crippen molar-refractivity contribution in [2.24, 2.45) is 0 Å². The molecule has 1 aromatic carbocycles. The first kappa shape index (κ1) is 16.2. The molecule has 1 aromatic heterocycles. The van der Waals surface area contributed by atoms with Gasteiger partial charge in [0.1, 0.15) is 12.1 Å². The second-order valence-electron chi connectivity index (χ2n) is 5.40. The van der Waals surface area contributed by atoms with E-state index in [0.29, 0.717) is 18.9 Å². The highest BCUT2D eigenvalue weighted by atomic mass is 19.4. The van der Waals surface area contributed by atoms with E-state index in [4.69, 9.17) is 0 Å². The molecule has 3 rings (SSSR count). The van der Waals surface area contributed by atoms with E-state index >= 15 is 0 Å². The number of hydrogen-bond acceptors (Lipinski definition) is 4. The van der Waals surface area contributed by atoms with Gasteiger partial charge in [0, 0.05) is 37.8 Å². The van der Waals surface area contributed by atoms with Crippen molar-refractivity contribution in [2.45, 2.75) is 6.18 Å². The molecule has 2 heterocycles.